The Morgan fingerprint density at radius 2 is 2.03 bits per heavy atom. The molecule has 1 aliphatic carbocycles. The average Bonchev–Trinajstić information content (AvgIpc) is 3.55. The normalized spacial score (nSPS) is 13.5. The molecular formula is C23H20N6O. The minimum absolute atomic E-state index is 0.223. The lowest BCUT2D eigenvalue weighted by Crippen LogP contribution is -2.13. The second kappa shape index (κ2) is 6.94. The molecule has 0 amide bonds. The highest BCUT2D eigenvalue weighted by Gasteiger charge is 2.25. The molecule has 7 nitrogen and oxygen atoms in total. The average molecular weight is 396 g/mol. The van der Waals surface area contributed by atoms with Crippen LogP contribution in [0.3, 0.4) is 0 Å². The molecule has 1 aliphatic rings. The van der Waals surface area contributed by atoms with Crippen LogP contribution in [0.15, 0.2) is 47.4 Å². The van der Waals surface area contributed by atoms with Crippen molar-refractivity contribution >= 4 is 16.5 Å². The second-order valence-electron chi connectivity index (χ2n) is 7.66. The van der Waals surface area contributed by atoms with Crippen molar-refractivity contribution in [2.75, 3.05) is 0 Å². The Kier molecular flexibility index (Phi) is 4.23. The maximum absolute atomic E-state index is 12.2. The van der Waals surface area contributed by atoms with Gasteiger partial charge in [0.15, 0.2) is 5.69 Å². The Hall–Kier alpha value is -3.76. The van der Waals surface area contributed by atoms with Crippen LogP contribution in [0, 0.1) is 6.57 Å². The maximum atomic E-state index is 12.2. The maximum Gasteiger partial charge on any atom is 0.272 e. The van der Waals surface area contributed by atoms with Crippen LogP contribution < -0.4 is 11.3 Å². The van der Waals surface area contributed by atoms with Crippen molar-refractivity contribution in [1.82, 2.24) is 20.0 Å². The fourth-order valence-corrected chi connectivity index (χ4v) is 4.02. The van der Waals surface area contributed by atoms with E-state index in [2.05, 4.69) is 26.2 Å². The topological polar surface area (TPSA) is 93.9 Å². The first-order valence-electron chi connectivity index (χ1n) is 9.86. The molecule has 30 heavy (non-hydrogen) atoms. The van der Waals surface area contributed by atoms with Gasteiger partial charge < -0.3 is 5.73 Å². The van der Waals surface area contributed by atoms with Gasteiger partial charge in [-0.1, -0.05) is 29.8 Å². The standard InChI is InChI=1S/C23H20N6O/c1-25-20-10-14(13-3-4-13)5-8-17(20)22-19(12-26-29(22)2)15-6-7-16-18(9-15)21(11-24)27-28-23(16)30/h5-10,12-13H,3-4,11,24H2,2H3,(H,28,30). The lowest BCUT2D eigenvalue weighted by atomic mass is 9.96. The summed E-state index contributed by atoms with van der Waals surface area (Å²) in [5, 5.41) is 12.3. The summed E-state index contributed by atoms with van der Waals surface area (Å²) in [6, 6.07) is 11.8. The molecule has 2 heterocycles. The predicted molar refractivity (Wildman–Crippen MR) is 116 cm³/mol. The van der Waals surface area contributed by atoms with E-state index in [9.17, 15) is 4.79 Å². The summed E-state index contributed by atoms with van der Waals surface area (Å²) in [7, 11) is 1.87. The van der Waals surface area contributed by atoms with Gasteiger partial charge in [-0.05, 0) is 36.5 Å². The fraction of sp³-hybridized carbons (Fsp3) is 0.217. The molecule has 7 heteroatoms. The van der Waals surface area contributed by atoms with Gasteiger partial charge in [0.1, 0.15) is 0 Å². The van der Waals surface area contributed by atoms with Crippen LogP contribution in [-0.2, 0) is 13.6 Å². The van der Waals surface area contributed by atoms with Crippen LogP contribution in [0.2, 0.25) is 0 Å². The number of fused-ring (bicyclic) bond motifs is 1. The molecule has 0 saturated heterocycles. The SMILES string of the molecule is [C-]#[N+]c1cc(C2CC2)ccc1-c1c(-c2ccc3c(=O)[nH]nc(CN)c3c2)cnn1C. The van der Waals surface area contributed by atoms with Crippen LogP contribution >= 0.6 is 0 Å². The van der Waals surface area contributed by atoms with Gasteiger partial charge in [-0.2, -0.15) is 10.2 Å². The van der Waals surface area contributed by atoms with Crippen molar-refractivity contribution in [1.29, 1.82) is 0 Å². The van der Waals surface area contributed by atoms with Gasteiger partial charge in [0.25, 0.3) is 5.56 Å². The fourth-order valence-electron chi connectivity index (χ4n) is 4.02. The first-order valence-corrected chi connectivity index (χ1v) is 9.86. The molecule has 1 saturated carbocycles. The highest BCUT2D eigenvalue weighted by atomic mass is 16.1. The number of nitrogens with one attached hydrogen (secondary N) is 1. The number of benzene rings is 2. The van der Waals surface area contributed by atoms with Gasteiger partial charge in [0.05, 0.1) is 29.5 Å². The van der Waals surface area contributed by atoms with E-state index in [1.807, 2.05) is 31.3 Å². The minimum atomic E-state index is -0.244. The number of H-pyrrole nitrogens is 1. The Balaban J connectivity index is 1.70. The Morgan fingerprint density at radius 3 is 2.77 bits per heavy atom. The number of hydrogen-bond acceptors (Lipinski definition) is 4. The monoisotopic (exact) mass is 396 g/mol. The zero-order valence-electron chi connectivity index (χ0n) is 16.5. The molecule has 0 spiro atoms. The first-order chi connectivity index (χ1) is 14.6. The summed E-state index contributed by atoms with van der Waals surface area (Å²) in [6.07, 6.45) is 4.19. The highest BCUT2D eigenvalue weighted by molar-refractivity contribution is 5.93. The Morgan fingerprint density at radius 1 is 1.20 bits per heavy atom. The third-order valence-corrected chi connectivity index (χ3v) is 5.76. The van der Waals surface area contributed by atoms with Gasteiger partial charge in [-0.15, -0.1) is 0 Å². The summed E-state index contributed by atoms with van der Waals surface area (Å²) in [6.45, 7) is 7.93. The second-order valence-corrected chi connectivity index (χ2v) is 7.66. The van der Waals surface area contributed by atoms with Crippen molar-refractivity contribution in [3.63, 3.8) is 0 Å². The molecule has 148 valence electrons. The molecular weight excluding hydrogens is 376 g/mol. The quantitative estimate of drug-likeness (QED) is 0.512. The van der Waals surface area contributed by atoms with Gasteiger partial charge in [0, 0.05) is 30.1 Å². The molecule has 4 aromatic rings. The van der Waals surface area contributed by atoms with Crippen molar-refractivity contribution < 1.29 is 0 Å². The summed E-state index contributed by atoms with van der Waals surface area (Å²) in [5.41, 5.74) is 11.6. The largest absolute Gasteiger partial charge is 0.325 e. The third kappa shape index (κ3) is 2.90. The smallest absolute Gasteiger partial charge is 0.272 e. The Bertz CT molecular complexity index is 1390. The van der Waals surface area contributed by atoms with Gasteiger partial charge in [0.2, 0.25) is 0 Å². The van der Waals surface area contributed by atoms with E-state index in [4.69, 9.17) is 12.3 Å². The van der Waals surface area contributed by atoms with Gasteiger partial charge in [-0.25, -0.2) is 9.94 Å². The van der Waals surface area contributed by atoms with Crippen molar-refractivity contribution in [2.45, 2.75) is 25.3 Å². The lowest BCUT2D eigenvalue weighted by molar-refractivity contribution is 0.776. The first kappa shape index (κ1) is 18.3. The van der Waals surface area contributed by atoms with E-state index in [1.54, 1.807) is 16.9 Å². The Labute approximate surface area is 173 Å². The lowest BCUT2D eigenvalue weighted by Gasteiger charge is -2.11. The number of aryl methyl sites for hydroxylation is 1. The molecule has 0 unspecified atom stereocenters. The summed E-state index contributed by atoms with van der Waals surface area (Å²) in [4.78, 5) is 16.0. The van der Waals surface area contributed by atoms with Crippen LogP contribution in [-0.4, -0.2) is 20.0 Å². The van der Waals surface area contributed by atoms with Crippen LogP contribution in [0.4, 0.5) is 5.69 Å². The van der Waals surface area contributed by atoms with Crippen molar-refractivity contribution in [2.24, 2.45) is 12.8 Å². The van der Waals surface area contributed by atoms with E-state index in [0.717, 1.165) is 27.8 Å². The molecule has 1 fully saturated rings. The summed E-state index contributed by atoms with van der Waals surface area (Å²) >= 11 is 0. The number of nitrogens with zero attached hydrogens (tertiary/aromatic N) is 4. The van der Waals surface area contributed by atoms with E-state index < -0.39 is 0 Å². The van der Waals surface area contributed by atoms with Crippen LogP contribution in [0.25, 0.3) is 38.0 Å². The number of nitrogens with two attached hydrogens (primary N) is 1. The highest BCUT2D eigenvalue weighted by Crippen LogP contribution is 2.44. The molecule has 0 atom stereocenters. The number of aromatic amines is 1. The van der Waals surface area contributed by atoms with E-state index in [1.165, 1.54) is 18.4 Å². The molecule has 0 radical (unpaired) electrons. The third-order valence-electron chi connectivity index (χ3n) is 5.76. The molecule has 2 aromatic heterocycles. The van der Waals surface area contributed by atoms with Crippen LogP contribution in [0.1, 0.15) is 30.0 Å². The number of rotatable bonds is 4. The van der Waals surface area contributed by atoms with Gasteiger partial charge in [-0.3, -0.25) is 9.48 Å². The van der Waals surface area contributed by atoms with Gasteiger partial charge >= 0.3 is 0 Å². The number of aromatic nitrogens is 4. The predicted octanol–water partition coefficient (Wildman–Crippen LogP) is 3.88. The molecule has 3 N–H and O–H groups in total. The van der Waals surface area contributed by atoms with Crippen molar-refractivity contribution in [3.8, 4) is 22.4 Å². The van der Waals surface area contributed by atoms with E-state index in [-0.39, 0.29) is 12.1 Å². The summed E-state index contributed by atoms with van der Waals surface area (Å²) < 4.78 is 1.79. The van der Waals surface area contributed by atoms with E-state index in [0.29, 0.717) is 22.7 Å². The molecule has 5 rings (SSSR count). The minimum Gasteiger partial charge on any atom is -0.325 e. The summed E-state index contributed by atoms with van der Waals surface area (Å²) in [5.74, 6) is 0.589. The zero-order chi connectivity index (χ0) is 20.8. The zero-order valence-corrected chi connectivity index (χ0v) is 16.5. The van der Waals surface area contributed by atoms with Crippen LogP contribution in [0.5, 0.6) is 0 Å². The number of hydrogen-bond donors (Lipinski definition) is 2. The molecule has 0 bridgehead atoms. The molecule has 0 aliphatic heterocycles. The van der Waals surface area contributed by atoms with Crippen molar-refractivity contribution in [3.05, 3.63) is 75.6 Å². The molecule has 2 aromatic carbocycles. The van der Waals surface area contributed by atoms with E-state index >= 15 is 0 Å².